The third kappa shape index (κ3) is 5.22. The summed E-state index contributed by atoms with van der Waals surface area (Å²) in [6.45, 7) is 2.10. The molecule has 0 unspecified atom stereocenters. The van der Waals surface area contributed by atoms with Gasteiger partial charge in [-0.2, -0.15) is 0 Å². The van der Waals surface area contributed by atoms with Gasteiger partial charge in [-0.05, 0) is 36.2 Å². The maximum atomic E-state index is 11.9. The molecule has 0 radical (unpaired) electrons. The van der Waals surface area contributed by atoms with Crippen LogP contribution in [0.2, 0.25) is 5.02 Å². The largest absolute Gasteiger partial charge is 0.294 e. The fraction of sp³-hybridized carbons (Fsp3) is 0.278. The zero-order valence-electron chi connectivity index (χ0n) is 12.1. The lowest BCUT2D eigenvalue weighted by Crippen LogP contribution is -1.98. The number of halogens is 1. The fourth-order valence-corrected chi connectivity index (χ4v) is 3.07. The van der Waals surface area contributed by atoms with Crippen LogP contribution < -0.4 is 0 Å². The molecule has 21 heavy (non-hydrogen) atoms. The van der Waals surface area contributed by atoms with E-state index >= 15 is 0 Å². The molecule has 0 aliphatic rings. The Kier molecular flexibility index (Phi) is 6.34. The smallest absolute Gasteiger partial charge is 0.162 e. The Balaban J connectivity index is 1.92. The first-order valence-electron chi connectivity index (χ1n) is 7.19. The molecule has 3 heteroatoms. The molecule has 0 bridgehead atoms. The van der Waals surface area contributed by atoms with Crippen molar-refractivity contribution in [3.63, 3.8) is 0 Å². The van der Waals surface area contributed by atoms with Crippen LogP contribution in [0.15, 0.2) is 53.4 Å². The monoisotopic (exact) mass is 318 g/mol. The van der Waals surface area contributed by atoms with Crippen LogP contribution in [0.1, 0.15) is 42.1 Å². The van der Waals surface area contributed by atoms with Crippen LogP contribution in [0.5, 0.6) is 0 Å². The van der Waals surface area contributed by atoms with E-state index in [1.54, 1.807) is 11.8 Å². The quantitative estimate of drug-likeness (QED) is 0.459. The molecule has 0 saturated heterocycles. The summed E-state index contributed by atoms with van der Waals surface area (Å²) in [5.41, 5.74) is 2.02. The number of rotatable bonds is 7. The lowest BCUT2D eigenvalue weighted by molar-refractivity contribution is 0.0979. The van der Waals surface area contributed by atoms with Crippen LogP contribution in [-0.4, -0.2) is 5.78 Å². The van der Waals surface area contributed by atoms with Gasteiger partial charge in [0.05, 0.1) is 0 Å². The first kappa shape index (κ1) is 16.1. The summed E-state index contributed by atoms with van der Waals surface area (Å²) in [6.07, 6.45) is 2.66. The van der Waals surface area contributed by atoms with E-state index < -0.39 is 0 Å². The molecule has 2 aromatic rings. The molecule has 0 spiro atoms. The summed E-state index contributed by atoms with van der Waals surface area (Å²) in [7, 11) is 0. The molecule has 0 aliphatic heterocycles. The normalized spacial score (nSPS) is 10.6. The molecule has 2 aromatic carbocycles. The molecule has 0 atom stereocenters. The van der Waals surface area contributed by atoms with Crippen molar-refractivity contribution in [2.24, 2.45) is 0 Å². The topological polar surface area (TPSA) is 17.1 Å². The van der Waals surface area contributed by atoms with Gasteiger partial charge < -0.3 is 0 Å². The van der Waals surface area contributed by atoms with Crippen molar-refractivity contribution < 1.29 is 4.79 Å². The Morgan fingerprint density at radius 1 is 1.14 bits per heavy atom. The Labute approximate surface area is 135 Å². The number of hydrogen-bond donors (Lipinski definition) is 0. The van der Waals surface area contributed by atoms with Crippen molar-refractivity contribution in [1.29, 1.82) is 0 Å². The van der Waals surface area contributed by atoms with Crippen LogP contribution in [0.25, 0.3) is 0 Å². The number of carbonyl (C=O) groups excluding carboxylic acids is 1. The Morgan fingerprint density at radius 3 is 2.57 bits per heavy atom. The molecular weight excluding hydrogens is 300 g/mol. The van der Waals surface area contributed by atoms with Crippen molar-refractivity contribution in [1.82, 2.24) is 0 Å². The second-order valence-electron chi connectivity index (χ2n) is 4.97. The number of benzene rings is 2. The third-order valence-corrected chi connectivity index (χ3v) is 4.55. The molecule has 0 aromatic heterocycles. The molecular formula is C18H19ClOS. The molecule has 0 fully saturated rings. The maximum Gasteiger partial charge on any atom is 0.162 e. The highest BCUT2D eigenvalue weighted by Gasteiger charge is 2.05. The minimum atomic E-state index is 0.239. The van der Waals surface area contributed by atoms with E-state index in [4.69, 9.17) is 11.6 Å². The lowest BCUT2D eigenvalue weighted by atomic mass is 10.1. The van der Waals surface area contributed by atoms with Crippen molar-refractivity contribution >= 4 is 29.1 Å². The first-order chi connectivity index (χ1) is 10.2. The van der Waals surface area contributed by atoms with E-state index in [2.05, 4.69) is 13.0 Å². The van der Waals surface area contributed by atoms with Crippen LogP contribution in [0, 0.1) is 0 Å². The second-order valence-corrected chi connectivity index (χ2v) is 6.45. The van der Waals surface area contributed by atoms with Gasteiger partial charge in [0.15, 0.2) is 5.78 Å². The van der Waals surface area contributed by atoms with E-state index in [-0.39, 0.29) is 5.78 Å². The van der Waals surface area contributed by atoms with Crippen molar-refractivity contribution in [3.05, 3.63) is 64.7 Å². The highest BCUT2D eigenvalue weighted by molar-refractivity contribution is 7.98. The summed E-state index contributed by atoms with van der Waals surface area (Å²) in [6, 6.07) is 15.8. The number of unbranched alkanes of at least 4 members (excludes halogenated alkanes) is 1. The molecule has 0 N–H and O–H groups in total. The average Bonchev–Trinajstić information content (AvgIpc) is 2.51. The number of Topliss-reactive ketones (excluding diaryl/α,β-unsaturated/α-hetero) is 1. The van der Waals surface area contributed by atoms with E-state index in [9.17, 15) is 4.79 Å². The minimum absolute atomic E-state index is 0.239. The fourth-order valence-electron chi connectivity index (χ4n) is 2.01. The van der Waals surface area contributed by atoms with Gasteiger partial charge in [0.25, 0.3) is 0 Å². The van der Waals surface area contributed by atoms with Gasteiger partial charge >= 0.3 is 0 Å². The molecule has 0 aliphatic carbocycles. The predicted octanol–water partition coefficient (Wildman–Crippen LogP) is 6.01. The van der Waals surface area contributed by atoms with Gasteiger partial charge in [0.1, 0.15) is 0 Å². The van der Waals surface area contributed by atoms with Crippen LogP contribution in [0.4, 0.5) is 0 Å². The second kappa shape index (κ2) is 8.26. The Bertz CT molecular complexity index is 592. The zero-order valence-corrected chi connectivity index (χ0v) is 13.7. The number of carbonyl (C=O) groups is 1. The van der Waals surface area contributed by atoms with Gasteiger partial charge in [-0.15, -0.1) is 11.8 Å². The SMILES string of the molecule is CCCCC(=O)c1ccc(SCc2cccc(Cl)c2)cc1. The van der Waals surface area contributed by atoms with E-state index in [0.29, 0.717) is 6.42 Å². The molecule has 0 heterocycles. The van der Waals surface area contributed by atoms with Crippen molar-refractivity contribution in [2.45, 2.75) is 36.8 Å². The molecule has 0 saturated carbocycles. The maximum absolute atomic E-state index is 11.9. The standard InChI is InChI=1S/C18H19ClOS/c1-2-3-7-18(20)15-8-10-17(11-9-15)21-13-14-5-4-6-16(19)12-14/h4-6,8-12H,2-3,7,13H2,1H3. The summed E-state index contributed by atoms with van der Waals surface area (Å²) >= 11 is 7.73. The molecule has 0 amide bonds. The summed E-state index contributed by atoms with van der Waals surface area (Å²) in [5.74, 6) is 1.12. The number of ketones is 1. The summed E-state index contributed by atoms with van der Waals surface area (Å²) < 4.78 is 0. The molecule has 1 nitrogen and oxygen atoms in total. The molecule has 110 valence electrons. The van der Waals surface area contributed by atoms with Crippen LogP contribution in [-0.2, 0) is 5.75 Å². The highest BCUT2D eigenvalue weighted by Crippen LogP contribution is 2.24. The van der Waals surface area contributed by atoms with Crippen molar-refractivity contribution in [2.75, 3.05) is 0 Å². The first-order valence-corrected chi connectivity index (χ1v) is 8.56. The zero-order chi connectivity index (χ0) is 15.1. The summed E-state index contributed by atoms with van der Waals surface area (Å²) in [5, 5.41) is 0.768. The lowest BCUT2D eigenvalue weighted by Gasteiger charge is -2.04. The van der Waals surface area contributed by atoms with Gasteiger partial charge in [-0.3, -0.25) is 4.79 Å². The Hall–Kier alpha value is -1.25. The van der Waals surface area contributed by atoms with Crippen LogP contribution in [0.3, 0.4) is 0 Å². The van der Waals surface area contributed by atoms with Crippen LogP contribution >= 0.6 is 23.4 Å². The van der Waals surface area contributed by atoms with Gasteiger partial charge in [-0.25, -0.2) is 0 Å². The third-order valence-electron chi connectivity index (χ3n) is 3.23. The van der Waals surface area contributed by atoms with E-state index in [1.807, 2.05) is 42.5 Å². The average molecular weight is 319 g/mol. The predicted molar refractivity (Wildman–Crippen MR) is 91.3 cm³/mol. The summed E-state index contributed by atoms with van der Waals surface area (Å²) in [4.78, 5) is 13.1. The van der Waals surface area contributed by atoms with Crippen molar-refractivity contribution in [3.8, 4) is 0 Å². The van der Waals surface area contributed by atoms with Gasteiger partial charge in [-0.1, -0.05) is 49.2 Å². The minimum Gasteiger partial charge on any atom is -0.294 e. The highest BCUT2D eigenvalue weighted by atomic mass is 35.5. The molecule has 2 rings (SSSR count). The number of thioether (sulfide) groups is 1. The van der Waals surface area contributed by atoms with Gasteiger partial charge in [0, 0.05) is 27.7 Å². The van der Waals surface area contributed by atoms with Gasteiger partial charge in [0.2, 0.25) is 0 Å². The Morgan fingerprint density at radius 2 is 1.90 bits per heavy atom. The van der Waals surface area contributed by atoms with E-state index in [0.717, 1.165) is 29.2 Å². The number of hydrogen-bond acceptors (Lipinski definition) is 2. The van der Waals surface area contributed by atoms with E-state index in [1.165, 1.54) is 10.5 Å².